The summed E-state index contributed by atoms with van der Waals surface area (Å²) in [6.07, 6.45) is 3.05. The van der Waals surface area contributed by atoms with Crippen molar-refractivity contribution >= 4 is 17.3 Å². The molecule has 0 aliphatic carbocycles. The number of hydrogen-bond acceptors (Lipinski definition) is 3. The molecule has 3 rings (SSSR count). The lowest BCUT2D eigenvalue weighted by molar-refractivity contribution is 0.0305. The van der Waals surface area contributed by atoms with Gasteiger partial charge in [-0.15, -0.1) is 0 Å². The number of ether oxygens (including phenoxy) is 1. The number of aliphatic hydroxyl groups excluding tert-OH is 1. The molecule has 2 aliphatic heterocycles. The maximum atomic E-state index is 9.07. The molecule has 1 N–H and O–H groups in total. The fourth-order valence-corrected chi connectivity index (χ4v) is 3.04. The molecule has 0 spiro atoms. The topological polar surface area (TPSA) is 32.7 Å². The van der Waals surface area contributed by atoms with Crippen LogP contribution in [0.25, 0.3) is 0 Å². The van der Waals surface area contributed by atoms with E-state index in [4.69, 9.17) is 21.4 Å². The van der Waals surface area contributed by atoms with Gasteiger partial charge in [-0.1, -0.05) is 17.7 Å². The number of aliphatic hydroxyl groups is 1. The zero-order valence-electron chi connectivity index (χ0n) is 9.60. The molecular weight excluding hydrogens is 238 g/mol. The first-order valence-electron chi connectivity index (χ1n) is 6.06. The maximum Gasteiger partial charge on any atom is 0.0755 e. The third kappa shape index (κ3) is 2.15. The average Bonchev–Trinajstić information content (AvgIpc) is 2.68. The van der Waals surface area contributed by atoms with Crippen LogP contribution in [0.15, 0.2) is 18.2 Å². The van der Waals surface area contributed by atoms with Crippen molar-refractivity contribution < 1.29 is 9.84 Å². The van der Waals surface area contributed by atoms with E-state index in [1.807, 2.05) is 18.2 Å². The number of halogens is 1. The number of benzene rings is 1. The predicted octanol–water partition coefficient (Wildman–Crippen LogP) is 2.20. The zero-order chi connectivity index (χ0) is 11.8. The van der Waals surface area contributed by atoms with Crippen molar-refractivity contribution in [2.45, 2.75) is 31.7 Å². The molecule has 2 saturated heterocycles. The van der Waals surface area contributed by atoms with Crippen LogP contribution in [0.5, 0.6) is 0 Å². The lowest BCUT2D eigenvalue weighted by Gasteiger charge is -2.34. The SMILES string of the molecule is OCc1ccc(N2CC3CCC(C2)O3)c(Cl)c1. The molecule has 2 heterocycles. The second kappa shape index (κ2) is 4.48. The van der Waals surface area contributed by atoms with E-state index in [0.717, 1.165) is 42.2 Å². The minimum absolute atomic E-state index is 0.0361. The first kappa shape index (κ1) is 11.3. The van der Waals surface area contributed by atoms with Crippen LogP contribution in [0, 0.1) is 0 Å². The Labute approximate surface area is 106 Å². The maximum absolute atomic E-state index is 9.07. The Hall–Kier alpha value is -0.770. The smallest absolute Gasteiger partial charge is 0.0755 e. The van der Waals surface area contributed by atoms with Crippen molar-refractivity contribution in [3.63, 3.8) is 0 Å². The highest BCUT2D eigenvalue weighted by molar-refractivity contribution is 6.33. The number of anilines is 1. The second-order valence-electron chi connectivity index (χ2n) is 4.81. The molecular formula is C13H16ClNO2. The minimum atomic E-state index is 0.0361. The van der Waals surface area contributed by atoms with E-state index < -0.39 is 0 Å². The Morgan fingerprint density at radius 2 is 2.00 bits per heavy atom. The van der Waals surface area contributed by atoms with Crippen molar-refractivity contribution in [2.75, 3.05) is 18.0 Å². The molecule has 17 heavy (non-hydrogen) atoms. The highest BCUT2D eigenvalue weighted by Gasteiger charge is 2.34. The predicted molar refractivity (Wildman–Crippen MR) is 67.5 cm³/mol. The van der Waals surface area contributed by atoms with Crippen LogP contribution in [0.4, 0.5) is 5.69 Å². The van der Waals surface area contributed by atoms with Gasteiger partial charge in [-0.25, -0.2) is 0 Å². The van der Waals surface area contributed by atoms with Gasteiger partial charge < -0.3 is 14.7 Å². The van der Waals surface area contributed by atoms with Gasteiger partial charge >= 0.3 is 0 Å². The van der Waals surface area contributed by atoms with E-state index in [1.54, 1.807) is 0 Å². The Bertz CT molecular complexity index is 412. The fraction of sp³-hybridized carbons (Fsp3) is 0.538. The van der Waals surface area contributed by atoms with Gasteiger partial charge in [0.15, 0.2) is 0 Å². The largest absolute Gasteiger partial charge is 0.392 e. The highest BCUT2D eigenvalue weighted by Crippen LogP contribution is 2.33. The first-order chi connectivity index (χ1) is 8.26. The summed E-state index contributed by atoms with van der Waals surface area (Å²) in [5, 5.41) is 9.79. The summed E-state index contributed by atoms with van der Waals surface area (Å²) in [5.74, 6) is 0. The highest BCUT2D eigenvalue weighted by atomic mass is 35.5. The summed E-state index contributed by atoms with van der Waals surface area (Å²) in [6.45, 7) is 1.89. The first-order valence-corrected chi connectivity index (χ1v) is 6.44. The molecule has 0 amide bonds. The lowest BCUT2D eigenvalue weighted by atomic mass is 10.2. The van der Waals surface area contributed by atoms with Crippen LogP contribution in [0.3, 0.4) is 0 Å². The van der Waals surface area contributed by atoms with Gasteiger partial charge in [0.25, 0.3) is 0 Å². The van der Waals surface area contributed by atoms with Gasteiger partial charge in [0.05, 0.1) is 29.5 Å². The average molecular weight is 254 g/mol. The third-order valence-corrected chi connectivity index (χ3v) is 3.88. The van der Waals surface area contributed by atoms with E-state index in [-0.39, 0.29) is 6.61 Å². The number of rotatable bonds is 2. The van der Waals surface area contributed by atoms with Gasteiger partial charge in [0.1, 0.15) is 0 Å². The van der Waals surface area contributed by atoms with Crippen LogP contribution in [-0.2, 0) is 11.3 Å². The number of morpholine rings is 1. The Morgan fingerprint density at radius 1 is 1.29 bits per heavy atom. The molecule has 2 bridgehead atoms. The summed E-state index contributed by atoms with van der Waals surface area (Å²) < 4.78 is 5.81. The van der Waals surface area contributed by atoms with Gasteiger partial charge in [-0.2, -0.15) is 0 Å². The third-order valence-electron chi connectivity index (χ3n) is 3.58. The lowest BCUT2D eigenvalue weighted by Crippen LogP contribution is -2.42. The minimum Gasteiger partial charge on any atom is -0.392 e. The Kier molecular flexibility index (Phi) is 2.99. The van der Waals surface area contributed by atoms with Crippen LogP contribution < -0.4 is 4.90 Å². The number of fused-ring (bicyclic) bond motifs is 2. The molecule has 2 atom stereocenters. The molecule has 3 nitrogen and oxygen atoms in total. The monoisotopic (exact) mass is 253 g/mol. The van der Waals surface area contributed by atoms with Crippen molar-refractivity contribution in [3.05, 3.63) is 28.8 Å². The van der Waals surface area contributed by atoms with E-state index in [0.29, 0.717) is 12.2 Å². The summed E-state index contributed by atoms with van der Waals surface area (Å²) in [7, 11) is 0. The van der Waals surface area contributed by atoms with Crippen LogP contribution in [-0.4, -0.2) is 30.4 Å². The molecule has 2 fully saturated rings. The van der Waals surface area contributed by atoms with E-state index in [2.05, 4.69) is 4.90 Å². The van der Waals surface area contributed by atoms with Crippen LogP contribution >= 0.6 is 11.6 Å². The summed E-state index contributed by atoms with van der Waals surface area (Å²) in [5.41, 5.74) is 1.92. The summed E-state index contributed by atoms with van der Waals surface area (Å²) >= 11 is 6.26. The quantitative estimate of drug-likeness (QED) is 0.877. The Balaban J connectivity index is 1.84. The van der Waals surface area contributed by atoms with E-state index >= 15 is 0 Å². The standard InChI is InChI=1S/C13H16ClNO2/c14-12-5-9(8-16)1-4-13(12)15-6-10-2-3-11(7-15)17-10/h1,4-5,10-11,16H,2-3,6-8H2. The number of hydrogen-bond donors (Lipinski definition) is 1. The van der Waals surface area contributed by atoms with Crippen LogP contribution in [0.1, 0.15) is 18.4 Å². The number of nitrogens with zero attached hydrogens (tertiary/aromatic N) is 1. The summed E-state index contributed by atoms with van der Waals surface area (Å²) in [4.78, 5) is 2.30. The molecule has 2 unspecified atom stereocenters. The van der Waals surface area contributed by atoms with Gasteiger partial charge in [-0.05, 0) is 30.5 Å². The van der Waals surface area contributed by atoms with Gasteiger partial charge in [0, 0.05) is 13.1 Å². The van der Waals surface area contributed by atoms with Gasteiger partial charge in [0.2, 0.25) is 0 Å². The fourth-order valence-electron chi connectivity index (χ4n) is 2.72. The van der Waals surface area contributed by atoms with Crippen molar-refractivity contribution in [2.24, 2.45) is 0 Å². The van der Waals surface area contributed by atoms with Gasteiger partial charge in [-0.3, -0.25) is 0 Å². The molecule has 0 radical (unpaired) electrons. The van der Waals surface area contributed by atoms with Crippen molar-refractivity contribution in [1.29, 1.82) is 0 Å². The molecule has 2 aliphatic rings. The Morgan fingerprint density at radius 3 is 2.59 bits per heavy atom. The van der Waals surface area contributed by atoms with Crippen LogP contribution in [0.2, 0.25) is 5.02 Å². The summed E-state index contributed by atoms with van der Waals surface area (Å²) in [6, 6.07) is 5.77. The van der Waals surface area contributed by atoms with E-state index in [1.165, 1.54) is 0 Å². The molecule has 4 heteroatoms. The zero-order valence-corrected chi connectivity index (χ0v) is 10.4. The molecule has 92 valence electrons. The van der Waals surface area contributed by atoms with Crippen molar-refractivity contribution in [3.8, 4) is 0 Å². The molecule has 1 aromatic rings. The van der Waals surface area contributed by atoms with E-state index in [9.17, 15) is 0 Å². The molecule has 1 aromatic carbocycles. The second-order valence-corrected chi connectivity index (χ2v) is 5.21. The molecule has 0 aromatic heterocycles. The molecule has 0 saturated carbocycles. The van der Waals surface area contributed by atoms with Crippen molar-refractivity contribution in [1.82, 2.24) is 0 Å². The normalized spacial score (nSPS) is 27.5.